The Bertz CT molecular complexity index is 446. The number of halogens is 1. The third kappa shape index (κ3) is 4.49. The molecule has 0 aliphatic rings. The zero-order valence-corrected chi connectivity index (χ0v) is 12.0. The molecule has 0 fully saturated rings. The van der Waals surface area contributed by atoms with Crippen molar-refractivity contribution in [2.45, 2.75) is 20.3 Å². The van der Waals surface area contributed by atoms with Gasteiger partial charge in [-0.2, -0.15) is 0 Å². The maximum absolute atomic E-state index is 11.8. The molecule has 5 heteroatoms. The minimum atomic E-state index is -0.301. The van der Waals surface area contributed by atoms with Gasteiger partial charge in [-0.1, -0.05) is 15.9 Å². The topological polar surface area (TPSA) is 55.4 Å². The average molecular weight is 314 g/mol. The molecule has 1 amide bonds. The van der Waals surface area contributed by atoms with Crippen molar-refractivity contribution in [3.05, 3.63) is 33.8 Å². The van der Waals surface area contributed by atoms with Gasteiger partial charge in [-0.15, -0.1) is 0 Å². The number of esters is 1. The minimum Gasteiger partial charge on any atom is -0.466 e. The predicted octanol–water partition coefficient (Wildman–Crippen LogP) is 2.44. The highest BCUT2D eigenvalue weighted by Gasteiger charge is 2.08. The van der Waals surface area contributed by atoms with Crippen LogP contribution in [0.2, 0.25) is 0 Å². The molecule has 0 saturated heterocycles. The summed E-state index contributed by atoms with van der Waals surface area (Å²) in [7, 11) is 0. The molecule has 1 aromatic carbocycles. The Morgan fingerprint density at radius 1 is 1.39 bits per heavy atom. The van der Waals surface area contributed by atoms with Crippen molar-refractivity contribution in [1.29, 1.82) is 0 Å². The van der Waals surface area contributed by atoms with Gasteiger partial charge in [0.05, 0.1) is 13.0 Å². The van der Waals surface area contributed by atoms with Crippen LogP contribution in [0.3, 0.4) is 0 Å². The first-order valence-electron chi connectivity index (χ1n) is 5.74. The van der Waals surface area contributed by atoms with Crippen molar-refractivity contribution in [3.8, 4) is 0 Å². The highest BCUT2D eigenvalue weighted by atomic mass is 79.9. The molecule has 0 radical (unpaired) electrons. The molecule has 1 N–H and O–H groups in total. The quantitative estimate of drug-likeness (QED) is 0.849. The summed E-state index contributed by atoms with van der Waals surface area (Å²) in [5, 5.41) is 2.68. The first-order chi connectivity index (χ1) is 8.54. The Balaban J connectivity index is 2.45. The van der Waals surface area contributed by atoms with E-state index in [2.05, 4.69) is 21.2 Å². The van der Waals surface area contributed by atoms with Crippen LogP contribution in [-0.4, -0.2) is 25.0 Å². The summed E-state index contributed by atoms with van der Waals surface area (Å²) < 4.78 is 5.73. The SMILES string of the molecule is CCOC(=O)CCNC(=O)c1ccc(Br)c(C)c1. The molecule has 0 saturated carbocycles. The summed E-state index contributed by atoms with van der Waals surface area (Å²) in [6.07, 6.45) is 0.190. The molecule has 18 heavy (non-hydrogen) atoms. The first-order valence-corrected chi connectivity index (χ1v) is 6.54. The van der Waals surface area contributed by atoms with Crippen LogP contribution < -0.4 is 5.32 Å². The molecule has 1 rings (SSSR count). The van der Waals surface area contributed by atoms with Gasteiger partial charge in [0.1, 0.15) is 0 Å². The number of hydrogen-bond acceptors (Lipinski definition) is 3. The fourth-order valence-corrected chi connectivity index (χ4v) is 1.65. The van der Waals surface area contributed by atoms with Gasteiger partial charge >= 0.3 is 5.97 Å². The molecule has 0 aromatic heterocycles. The summed E-state index contributed by atoms with van der Waals surface area (Å²) in [6.45, 7) is 4.31. The van der Waals surface area contributed by atoms with E-state index >= 15 is 0 Å². The molecule has 0 atom stereocenters. The smallest absolute Gasteiger partial charge is 0.307 e. The maximum atomic E-state index is 11.8. The number of rotatable bonds is 5. The van der Waals surface area contributed by atoms with Crippen molar-refractivity contribution in [2.75, 3.05) is 13.2 Å². The third-order valence-electron chi connectivity index (χ3n) is 2.34. The molecular weight excluding hydrogens is 298 g/mol. The molecule has 1 aromatic rings. The van der Waals surface area contributed by atoms with Crippen LogP contribution in [0.1, 0.15) is 29.3 Å². The van der Waals surface area contributed by atoms with E-state index in [4.69, 9.17) is 4.74 Å². The molecule has 0 spiro atoms. The van der Waals surface area contributed by atoms with Crippen LogP contribution in [0.4, 0.5) is 0 Å². The van der Waals surface area contributed by atoms with E-state index in [1.165, 1.54) is 0 Å². The summed E-state index contributed by atoms with van der Waals surface area (Å²) in [5.41, 5.74) is 1.58. The van der Waals surface area contributed by atoms with Crippen LogP contribution in [-0.2, 0) is 9.53 Å². The van der Waals surface area contributed by atoms with E-state index in [-0.39, 0.29) is 24.8 Å². The molecule has 0 heterocycles. The minimum absolute atomic E-state index is 0.185. The lowest BCUT2D eigenvalue weighted by molar-refractivity contribution is -0.142. The average Bonchev–Trinajstić information content (AvgIpc) is 2.33. The van der Waals surface area contributed by atoms with Gasteiger partial charge in [-0.05, 0) is 37.6 Å². The molecular formula is C13H16BrNO3. The Morgan fingerprint density at radius 2 is 2.11 bits per heavy atom. The van der Waals surface area contributed by atoms with Crippen LogP contribution in [0.25, 0.3) is 0 Å². The van der Waals surface area contributed by atoms with Gasteiger partial charge in [0, 0.05) is 16.6 Å². The van der Waals surface area contributed by atoms with Gasteiger partial charge in [-0.25, -0.2) is 0 Å². The lowest BCUT2D eigenvalue weighted by atomic mass is 10.1. The molecule has 0 aliphatic carbocycles. The fraction of sp³-hybridized carbons (Fsp3) is 0.385. The second kappa shape index (κ2) is 7.16. The van der Waals surface area contributed by atoms with Gasteiger partial charge in [0.2, 0.25) is 0 Å². The van der Waals surface area contributed by atoms with Gasteiger partial charge < -0.3 is 10.1 Å². The highest BCUT2D eigenvalue weighted by molar-refractivity contribution is 9.10. The van der Waals surface area contributed by atoms with E-state index < -0.39 is 0 Å². The van der Waals surface area contributed by atoms with Crippen LogP contribution in [0.5, 0.6) is 0 Å². The van der Waals surface area contributed by atoms with Crippen molar-refractivity contribution in [2.24, 2.45) is 0 Å². The zero-order chi connectivity index (χ0) is 13.5. The highest BCUT2D eigenvalue weighted by Crippen LogP contribution is 2.16. The van der Waals surface area contributed by atoms with Crippen molar-refractivity contribution in [1.82, 2.24) is 5.32 Å². The number of hydrogen-bond donors (Lipinski definition) is 1. The van der Waals surface area contributed by atoms with E-state index in [0.29, 0.717) is 12.2 Å². The number of ether oxygens (including phenoxy) is 1. The van der Waals surface area contributed by atoms with Crippen LogP contribution in [0.15, 0.2) is 22.7 Å². The van der Waals surface area contributed by atoms with E-state index in [0.717, 1.165) is 10.0 Å². The van der Waals surface area contributed by atoms with Crippen LogP contribution >= 0.6 is 15.9 Å². The molecule has 98 valence electrons. The summed E-state index contributed by atoms with van der Waals surface area (Å²) in [6, 6.07) is 5.36. The Labute approximate surface area is 115 Å². The molecule has 4 nitrogen and oxygen atoms in total. The number of nitrogens with one attached hydrogen (secondary N) is 1. The number of aryl methyl sites for hydroxylation is 1. The first kappa shape index (κ1) is 14.7. The second-order valence-electron chi connectivity index (χ2n) is 3.77. The zero-order valence-electron chi connectivity index (χ0n) is 10.5. The van der Waals surface area contributed by atoms with E-state index in [9.17, 15) is 9.59 Å². The van der Waals surface area contributed by atoms with Crippen molar-refractivity contribution < 1.29 is 14.3 Å². The number of benzene rings is 1. The van der Waals surface area contributed by atoms with Gasteiger partial charge in [-0.3, -0.25) is 9.59 Å². The normalized spacial score (nSPS) is 9.94. The van der Waals surface area contributed by atoms with Gasteiger partial charge in [0.15, 0.2) is 0 Å². The Morgan fingerprint density at radius 3 is 2.72 bits per heavy atom. The largest absolute Gasteiger partial charge is 0.466 e. The Kier molecular flexibility index (Phi) is 5.85. The lowest BCUT2D eigenvalue weighted by Crippen LogP contribution is -2.26. The fourth-order valence-electron chi connectivity index (χ4n) is 1.40. The standard InChI is InChI=1S/C13H16BrNO3/c1-3-18-12(16)6-7-15-13(17)10-4-5-11(14)9(2)8-10/h4-5,8H,3,6-7H2,1-2H3,(H,15,17). The van der Waals surface area contributed by atoms with Crippen molar-refractivity contribution >= 4 is 27.8 Å². The monoisotopic (exact) mass is 313 g/mol. The maximum Gasteiger partial charge on any atom is 0.307 e. The van der Waals surface area contributed by atoms with Crippen molar-refractivity contribution in [3.63, 3.8) is 0 Å². The summed E-state index contributed by atoms with van der Waals surface area (Å²) in [4.78, 5) is 22.8. The number of carbonyl (C=O) groups excluding carboxylic acids is 2. The Hall–Kier alpha value is -1.36. The van der Waals surface area contributed by atoms with E-state index in [1.807, 2.05) is 13.0 Å². The molecule has 0 aliphatic heterocycles. The van der Waals surface area contributed by atoms with Crippen LogP contribution in [0, 0.1) is 6.92 Å². The molecule has 0 bridgehead atoms. The van der Waals surface area contributed by atoms with E-state index in [1.54, 1.807) is 19.1 Å². The lowest BCUT2D eigenvalue weighted by Gasteiger charge is -2.06. The summed E-state index contributed by atoms with van der Waals surface area (Å²) >= 11 is 3.37. The number of carbonyl (C=O) groups is 2. The summed E-state index contributed by atoms with van der Waals surface area (Å²) in [5.74, 6) is -0.486. The third-order valence-corrected chi connectivity index (χ3v) is 3.23. The van der Waals surface area contributed by atoms with Gasteiger partial charge in [0.25, 0.3) is 5.91 Å². The predicted molar refractivity (Wildman–Crippen MR) is 72.5 cm³/mol. The molecule has 0 unspecified atom stereocenters. The second-order valence-corrected chi connectivity index (χ2v) is 4.63. The number of amides is 1.